The summed E-state index contributed by atoms with van der Waals surface area (Å²) in [5, 5.41) is 3.40. The molecule has 22 heavy (non-hydrogen) atoms. The molecule has 3 aromatic rings. The Morgan fingerprint density at radius 1 is 1.05 bits per heavy atom. The Bertz CT molecular complexity index is 716. The van der Waals surface area contributed by atoms with Crippen molar-refractivity contribution < 1.29 is 4.42 Å². The lowest BCUT2D eigenvalue weighted by molar-refractivity contribution is 0.500. The Kier molecular flexibility index (Phi) is 3.34. The molecule has 4 rings (SSSR count). The van der Waals surface area contributed by atoms with Crippen LogP contribution in [-0.2, 0) is 0 Å². The molecule has 1 aliphatic rings. The molecular weight excluding hydrogens is 278 g/mol. The van der Waals surface area contributed by atoms with Crippen molar-refractivity contribution in [3.63, 3.8) is 0 Å². The van der Waals surface area contributed by atoms with Gasteiger partial charge in [-0.05, 0) is 31.0 Å². The fourth-order valence-electron chi connectivity index (χ4n) is 2.79. The summed E-state index contributed by atoms with van der Waals surface area (Å²) in [6.07, 6.45) is 5.59. The Balaban J connectivity index is 1.39. The fraction of sp³-hybridized carbons (Fsp3) is 0.312. The van der Waals surface area contributed by atoms with Gasteiger partial charge in [-0.1, -0.05) is 12.1 Å². The second-order valence-corrected chi connectivity index (χ2v) is 5.44. The molecule has 6 nitrogen and oxygen atoms in total. The van der Waals surface area contributed by atoms with Gasteiger partial charge in [0.25, 0.3) is 6.01 Å². The molecule has 112 valence electrons. The first-order valence-corrected chi connectivity index (χ1v) is 7.52. The van der Waals surface area contributed by atoms with E-state index >= 15 is 0 Å². The van der Waals surface area contributed by atoms with Crippen LogP contribution in [0.5, 0.6) is 0 Å². The van der Waals surface area contributed by atoms with E-state index in [1.54, 1.807) is 12.4 Å². The summed E-state index contributed by atoms with van der Waals surface area (Å²) in [5.41, 5.74) is 1.71. The molecule has 0 radical (unpaired) electrons. The zero-order chi connectivity index (χ0) is 14.8. The molecule has 0 aliphatic carbocycles. The van der Waals surface area contributed by atoms with Crippen LogP contribution in [0.2, 0.25) is 0 Å². The normalized spacial score (nSPS) is 16.1. The van der Waals surface area contributed by atoms with Gasteiger partial charge in [-0.2, -0.15) is 4.98 Å². The summed E-state index contributed by atoms with van der Waals surface area (Å²) in [6, 6.07) is 10.6. The first-order valence-electron chi connectivity index (χ1n) is 7.52. The lowest BCUT2D eigenvalue weighted by Crippen LogP contribution is -2.39. The molecule has 0 amide bonds. The molecule has 0 unspecified atom stereocenters. The van der Waals surface area contributed by atoms with Crippen LogP contribution in [0.4, 0.5) is 12.0 Å². The van der Waals surface area contributed by atoms with Crippen LogP contribution < -0.4 is 10.2 Å². The van der Waals surface area contributed by atoms with Crippen molar-refractivity contribution >= 4 is 23.1 Å². The zero-order valence-corrected chi connectivity index (χ0v) is 12.1. The number of fused-ring (bicyclic) bond motifs is 1. The van der Waals surface area contributed by atoms with E-state index in [9.17, 15) is 0 Å². The molecule has 1 aromatic carbocycles. The molecule has 0 saturated carbocycles. The Morgan fingerprint density at radius 2 is 1.82 bits per heavy atom. The predicted molar refractivity (Wildman–Crippen MR) is 84.9 cm³/mol. The molecule has 6 heteroatoms. The third-order valence-corrected chi connectivity index (χ3v) is 3.95. The van der Waals surface area contributed by atoms with Gasteiger partial charge in [0.05, 0.1) is 0 Å². The van der Waals surface area contributed by atoms with Gasteiger partial charge in [0.1, 0.15) is 5.52 Å². The first kappa shape index (κ1) is 13.1. The van der Waals surface area contributed by atoms with Crippen molar-refractivity contribution in [2.24, 2.45) is 0 Å². The van der Waals surface area contributed by atoms with E-state index in [4.69, 9.17) is 4.42 Å². The fourth-order valence-corrected chi connectivity index (χ4v) is 2.79. The summed E-state index contributed by atoms with van der Waals surface area (Å²) in [6.45, 7) is 1.86. The topological polar surface area (TPSA) is 67.1 Å². The SMILES string of the molecule is c1cnc(N2CCC(Nc3nc4ccccc4o3)CC2)nc1. The number of piperidine rings is 1. The number of nitrogens with zero attached hydrogens (tertiary/aromatic N) is 4. The number of benzene rings is 1. The number of oxazole rings is 1. The molecule has 0 atom stereocenters. The highest BCUT2D eigenvalue weighted by atomic mass is 16.4. The highest BCUT2D eigenvalue weighted by molar-refractivity contribution is 5.74. The van der Waals surface area contributed by atoms with Crippen LogP contribution in [0.3, 0.4) is 0 Å². The van der Waals surface area contributed by atoms with Crippen molar-refractivity contribution in [3.8, 4) is 0 Å². The van der Waals surface area contributed by atoms with Gasteiger partial charge in [-0.25, -0.2) is 9.97 Å². The van der Waals surface area contributed by atoms with E-state index in [2.05, 4.69) is 25.2 Å². The van der Waals surface area contributed by atoms with Crippen molar-refractivity contribution in [2.45, 2.75) is 18.9 Å². The van der Waals surface area contributed by atoms with Gasteiger partial charge in [-0.3, -0.25) is 0 Å². The largest absolute Gasteiger partial charge is 0.424 e. The van der Waals surface area contributed by atoms with Crippen LogP contribution >= 0.6 is 0 Å². The number of hydrogen-bond acceptors (Lipinski definition) is 6. The second-order valence-electron chi connectivity index (χ2n) is 5.44. The van der Waals surface area contributed by atoms with E-state index in [0.29, 0.717) is 12.1 Å². The molecule has 0 bridgehead atoms. The summed E-state index contributed by atoms with van der Waals surface area (Å²) in [5.74, 6) is 0.808. The summed E-state index contributed by atoms with van der Waals surface area (Å²) in [4.78, 5) is 15.3. The standard InChI is InChI=1S/C16H17N5O/c1-2-5-14-13(4-1)20-16(22-14)19-12-6-10-21(11-7-12)15-17-8-3-9-18-15/h1-5,8-9,12H,6-7,10-11H2,(H,19,20). The average molecular weight is 295 g/mol. The molecule has 1 N–H and O–H groups in total. The highest BCUT2D eigenvalue weighted by Crippen LogP contribution is 2.22. The van der Waals surface area contributed by atoms with Crippen molar-refractivity contribution in [1.29, 1.82) is 0 Å². The molecule has 2 aromatic heterocycles. The molecule has 1 aliphatic heterocycles. The van der Waals surface area contributed by atoms with E-state index in [1.807, 2.05) is 30.3 Å². The minimum absolute atomic E-state index is 0.369. The van der Waals surface area contributed by atoms with Gasteiger partial charge >= 0.3 is 0 Å². The predicted octanol–water partition coefficient (Wildman–Crippen LogP) is 2.70. The van der Waals surface area contributed by atoms with Crippen LogP contribution in [-0.4, -0.2) is 34.1 Å². The van der Waals surface area contributed by atoms with Gasteiger partial charge < -0.3 is 14.6 Å². The lowest BCUT2D eigenvalue weighted by Gasteiger charge is -2.31. The monoisotopic (exact) mass is 295 g/mol. The maximum absolute atomic E-state index is 5.72. The van der Waals surface area contributed by atoms with Gasteiger partial charge in [0, 0.05) is 31.5 Å². The number of anilines is 2. The zero-order valence-electron chi connectivity index (χ0n) is 12.1. The molecule has 1 fully saturated rings. The summed E-state index contributed by atoms with van der Waals surface area (Å²) < 4.78 is 5.72. The quantitative estimate of drug-likeness (QED) is 0.801. The number of para-hydroxylation sites is 2. The molecular formula is C16H17N5O. The third kappa shape index (κ3) is 2.59. The minimum atomic E-state index is 0.369. The van der Waals surface area contributed by atoms with E-state index < -0.39 is 0 Å². The smallest absolute Gasteiger partial charge is 0.295 e. The van der Waals surface area contributed by atoms with Gasteiger partial charge in [0.2, 0.25) is 5.95 Å². The van der Waals surface area contributed by atoms with Crippen LogP contribution in [0.15, 0.2) is 47.1 Å². The van der Waals surface area contributed by atoms with Crippen molar-refractivity contribution in [1.82, 2.24) is 15.0 Å². The van der Waals surface area contributed by atoms with Crippen LogP contribution in [0, 0.1) is 0 Å². The Labute approximate surface area is 128 Å². The summed E-state index contributed by atoms with van der Waals surface area (Å²) in [7, 11) is 0. The number of aromatic nitrogens is 3. The van der Waals surface area contributed by atoms with E-state index in [1.165, 1.54) is 0 Å². The average Bonchev–Trinajstić information content (AvgIpc) is 2.98. The van der Waals surface area contributed by atoms with Crippen LogP contribution in [0.25, 0.3) is 11.1 Å². The van der Waals surface area contributed by atoms with Crippen molar-refractivity contribution in [3.05, 3.63) is 42.7 Å². The maximum atomic E-state index is 5.72. The molecule has 3 heterocycles. The minimum Gasteiger partial charge on any atom is -0.424 e. The van der Waals surface area contributed by atoms with E-state index in [-0.39, 0.29) is 0 Å². The van der Waals surface area contributed by atoms with Gasteiger partial charge in [0.15, 0.2) is 5.58 Å². The first-order chi connectivity index (χ1) is 10.9. The Hall–Kier alpha value is -2.63. The number of nitrogens with one attached hydrogen (secondary N) is 1. The number of hydrogen-bond donors (Lipinski definition) is 1. The summed E-state index contributed by atoms with van der Waals surface area (Å²) >= 11 is 0. The maximum Gasteiger partial charge on any atom is 0.295 e. The third-order valence-electron chi connectivity index (χ3n) is 3.95. The Morgan fingerprint density at radius 3 is 2.59 bits per heavy atom. The highest BCUT2D eigenvalue weighted by Gasteiger charge is 2.21. The lowest BCUT2D eigenvalue weighted by atomic mass is 10.1. The second kappa shape index (κ2) is 5.63. The van der Waals surface area contributed by atoms with Crippen LogP contribution in [0.1, 0.15) is 12.8 Å². The van der Waals surface area contributed by atoms with Gasteiger partial charge in [-0.15, -0.1) is 0 Å². The van der Waals surface area contributed by atoms with Crippen molar-refractivity contribution in [2.75, 3.05) is 23.3 Å². The molecule has 1 saturated heterocycles. The number of rotatable bonds is 3. The van der Waals surface area contributed by atoms with E-state index in [0.717, 1.165) is 43.0 Å². The molecule has 0 spiro atoms.